The Morgan fingerprint density at radius 1 is 0.558 bits per heavy atom. The van der Waals surface area contributed by atoms with Crippen molar-refractivity contribution < 1.29 is 0 Å². The monoisotopic (exact) mass is 586 g/mol. The van der Waals surface area contributed by atoms with Gasteiger partial charge in [-0.15, -0.1) is 0 Å². The van der Waals surface area contributed by atoms with E-state index in [9.17, 15) is 0 Å². The van der Waals surface area contributed by atoms with Crippen LogP contribution in [-0.2, 0) is 0 Å². The van der Waals surface area contributed by atoms with E-state index in [1.54, 1.807) is 5.56 Å². The van der Waals surface area contributed by atoms with Gasteiger partial charge < -0.3 is 4.57 Å². The number of hydrogen-bond acceptors (Lipinski definition) is 2. The summed E-state index contributed by atoms with van der Waals surface area (Å²) in [6.45, 7) is 0. The summed E-state index contributed by atoms with van der Waals surface area (Å²) in [5.74, 6) is 4.53. The van der Waals surface area contributed by atoms with Crippen LogP contribution in [0.3, 0.4) is 0 Å². The van der Waals surface area contributed by atoms with Crippen molar-refractivity contribution in [3.05, 3.63) is 78.4 Å². The topological polar surface area (TPSA) is 8.17 Å². The predicted molar refractivity (Wildman–Crippen MR) is 181 cm³/mol. The molecule has 43 heavy (non-hydrogen) atoms. The fourth-order valence-corrected chi connectivity index (χ4v) is 14.1. The summed E-state index contributed by atoms with van der Waals surface area (Å²) < 4.78 is 2.49. The van der Waals surface area contributed by atoms with Crippen molar-refractivity contribution in [2.75, 3.05) is 0 Å². The maximum Gasteiger partial charge on any atom is 0.0541 e. The summed E-state index contributed by atoms with van der Waals surface area (Å²) >= 11 is 2.49. The lowest BCUT2D eigenvalue weighted by Crippen LogP contribution is -2.73. The van der Waals surface area contributed by atoms with Gasteiger partial charge in [0.05, 0.1) is 11.0 Å². The van der Waals surface area contributed by atoms with Crippen molar-refractivity contribution >= 4 is 33.6 Å². The first kappa shape index (κ1) is 26.0. The number of piperidine rings is 1. The average molecular weight is 587 g/mol. The van der Waals surface area contributed by atoms with Crippen LogP contribution in [0.25, 0.3) is 27.5 Å². The van der Waals surface area contributed by atoms with Crippen molar-refractivity contribution in [2.24, 2.45) is 23.7 Å². The van der Waals surface area contributed by atoms with Crippen LogP contribution >= 0.6 is 11.8 Å². The van der Waals surface area contributed by atoms with Crippen molar-refractivity contribution in [2.45, 2.75) is 112 Å². The lowest BCUT2D eigenvalue weighted by molar-refractivity contribution is -0.142. The van der Waals surface area contributed by atoms with Crippen molar-refractivity contribution in [3.8, 4) is 5.69 Å². The molecule has 0 amide bonds. The average Bonchev–Trinajstić information content (AvgIpc) is 3.41. The van der Waals surface area contributed by atoms with Crippen molar-refractivity contribution in [3.63, 3.8) is 0 Å². The van der Waals surface area contributed by atoms with Crippen molar-refractivity contribution in [1.29, 1.82) is 0 Å². The first-order chi connectivity index (χ1) is 21.3. The smallest absolute Gasteiger partial charge is 0.0541 e. The molecule has 2 saturated heterocycles. The molecule has 0 radical (unpaired) electrons. The second kappa shape index (κ2) is 10.1. The molecule has 3 heteroatoms. The predicted octanol–water partition coefficient (Wildman–Crippen LogP) is 9.97. The molecule has 3 aromatic carbocycles. The first-order valence-corrected chi connectivity index (χ1v) is 18.8. The third-order valence-corrected chi connectivity index (χ3v) is 15.2. The summed E-state index contributed by atoms with van der Waals surface area (Å²) in [7, 11) is 0. The molecule has 4 aromatic rings. The van der Waals surface area contributed by atoms with Crippen LogP contribution in [0.4, 0.5) is 0 Å². The molecule has 4 aliphatic carbocycles. The lowest BCUT2D eigenvalue weighted by atomic mass is 9.51. The molecular weight excluding hydrogens is 541 g/mol. The largest absolute Gasteiger partial charge is 0.309 e. The van der Waals surface area contributed by atoms with Gasteiger partial charge in [0, 0.05) is 45.1 Å². The lowest BCUT2D eigenvalue weighted by Gasteiger charge is -2.69. The maximum absolute atomic E-state index is 3.30. The van der Waals surface area contributed by atoms with Gasteiger partial charge in [-0.05, 0) is 104 Å². The van der Waals surface area contributed by atoms with Crippen LogP contribution in [0.5, 0.6) is 0 Å². The Bertz CT molecular complexity index is 1600. The molecular formula is C40H46N2S. The van der Waals surface area contributed by atoms with Crippen molar-refractivity contribution in [1.82, 2.24) is 9.47 Å². The van der Waals surface area contributed by atoms with Gasteiger partial charge in [0.25, 0.3) is 0 Å². The highest BCUT2D eigenvalue weighted by Crippen LogP contribution is 2.63. The van der Waals surface area contributed by atoms with Crippen LogP contribution in [0.15, 0.2) is 72.8 Å². The molecule has 1 aromatic heterocycles. The van der Waals surface area contributed by atoms with Crippen LogP contribution < -0.4 is 0 Å². The van der Waals surface area contributed by atoms with Gasteiger partial charge >= 0.3 is 0 Å². The third kappa shape index (κ3) is 3.83. The van der Waals surface area contributed by atoms with E-state index in [4.69, 9.17) is 0 Å². The highest BCUT2D eigenvalue weighted by molar-refractivity contribution is 8.00. The second-order valence-corrected chi connectivity index (χ2v) is 16.6. The maximum atomic E-state index is 3.30. The number of thioether (sulfide) groups is 1. The molecule has 6 fully saturated rings. The molecule has 222 valence electrons. The highest BCUT2D eigenvalue weighted by atomic mass is 32.2. The van der Waals surface area contributed by atoms with Gasteiger partial charge in [0.1, 0.15) is 0 Å². The van der Waals surface area contributed by atoms with Gasteiger partial charge in [-0.1, -0.05) is 80.6 Å². The number of rotatable bonds is 2. The van der Waals surface area contributed by atoms with Crippen LogP contribution in [0, 0.1) is 23.7 Å². The number of para-hydroxylation sites is 2. The number of fused-ring (bicyclic) bond motifs is 8. The zero-order chi connectivity index (χ0) is 28.1. The van der Waals surface area contributed by atoms with Crippen LogP contribution in [0.1, 0.15) is 88.5 Å². The Labute approximate surface area is 261 Å². The Morgan fingerprint density at radius 3 is 2.00 bits per heavy atom. The van der Waals surface area contributed by atoms with E-state index in [0.29, 0.717) is 0 Å². The molecule has 2 aliphatic heterocycles. The first-order valence-electron chi connectivity index (χ1n) is 17.9. The van der Waals surface area contributed by atoms with Gasteiger partial charge in [0.15, 0.2) is 0 Å². The van der Waals surface area contributed by atoms with Gasteiger partial charge in [-0.3, -0.25) is 4.90 Å². The fourth-order valence-electron chi connectivity index (χ4n) is 12.1. The number of hydrogen-bond donors (Lipinski definition) is 0. The van der Waals surface area contributed by atoms with Gasteiger partial charge in [-0.2, -0.15) is 11.8 Å². The molecule has 3 heterocycles. The summed E-state index contributed by atoms with van der Waals surface area (Å²) in [5, 5.41) is 4.44. The molecule has 10 atom stereocenters. The fraction of sp³-hybridized carbons (Fsp3) is 0.550. The standard InChI is InChI=1S/C40H46N2S/c1-4-15-33-27(10-1)28-11-2-5-16-34(28)41(33)26-22-20-25(21-23-26)32-24-38-40-39-30(13-9-14-31(32)39)29-12-3-6-17-35(29)42(40)36-18-7-8-19-37(36)43-38/h1-2,4-5,10-11,15-16,20-23,29-32,35-40H,3,6-9,12-14,17-19,24H2. The van der Waals surface area contributed by atoms with E-state index in [0.717, 1.165) is 58.2 Å². The Balaban J connectivity index is 1.04. The van der Waals surface area contributed by atoms with E-state index in [2.05, 4.69) is 94.0 Å². The molecule has 0 N–H and O–H groups in total. The van der Waals surface area contributed by atoms with E-state index >= 15 is 0 Å². The number of benzene rings is 3. The van der Waals surface area contributed by atoms with E-state index in [1.807, 2.05) is 0 Å². The molecule has 0 bridgehead atoms. The number of nitrogens with zero attached hydrogens (tertiary/aromatic N) is 2. The minimum Gasteiger partial charge on any atom is -0.309 e. The normalized spacial score (nSPS) is 38.8. The summed E-state index contributed by atoms with van der Waals surface area (Å²) in [5.41, 5.74) is 5.58. The van der Waals surface area contributed by atoms with Gasteiger partial charge in [0.2, 0.25) is 0 Å². The molecule has 0 spiro atoms. The molecule has 4 saturated carbocycles. The van der Waals surface area contributed by atoms with Gasteiger partial charge in [-0.25, -0.2) is 0 Å². The SMILES string of the molecule is c1ccc2c(c1)c1ccccc1n2-c1ccc(C2CC3SC4CCCCC4N4C5CCCCC5C5CCCC2C5C34)cc1. The Morgan fingerprint density at radius 2 is 1.21 bits per heavy atom. The number of aromatic nitrogens is 1. The van der Waals surface area contributed by atoms with Crippen LogP contribution in [-0.4, -0.2) is 38.1 Å². The molecule has 6 aliphatic rings. The minimum absolute atomic E-state index is 0.732. The molecule has 10 unspecified atom stereocenters. The Hall–Kier alpha value is -2.23. The zero-order valence-electron chi connectivity index (χ0n) is 25.5. The Kier molecular flexibility index (Phi) is 6.14. The summed E-state index contributed by atoms with van der Waals surface area (Å²) in [6, 6.07) is 30.5. The van der Waals surface area contributed by atoms with E-state index < -0.39 is 0 Å². The van der Waals surface area contributed by atoms with E-state index in [1.165, 1.54) is 105 Å². The summed E-state index contributed by atoms with van der Waals surface area (Å²) in [4.78, 5) is 3.30. The third-order valence-electron chi connectivity index (χ3n) is 13.5. The highest BCUT2D eigenvalue weighted by Gasteiger charge is 2.62. The zero-order valence-corrected chi connectivity index (χ0v) is 26.3. The van der Waals surface area contributed by atoms with Crippen LogP contribution in [0.2, 0.25) is 0 Å². The minimum atomic E-state index is 0.732. The quantitative estimate of drug-likeness (QED) is 0.231. The second-order valence-electron chi connectivity index (χ2n) is 15.2. The van der Waals surface area contributed by atoms with E-state index in [-0.39, 0.29) is 0 Å². The molecule has 10 rings (SSSR count). The summed E-state index contributed by atoms with van der Waals surface area (Å²) in [6.07, 6.45) is 17.8. The molecule has 2 nitrogen and oxygen atoms in total.